The van der Waals surface area contributed by atoms with Gasteiger partial charge < -0.3 is 9.88 Å². The predicted octanol–water partition coefficient (Wildman–Crippen LogP) is 2.46. The monoisotopic (exact) mass is 236 g/mol. The standard InChI is InChI=1S/C13H24N4/c1-3-5-6-7-8-12-15-16-13-11(4-2)14-9-10-17(12)13/h11,14H,3-10H2,1-2H3. The van der Waals surface area contributed by atoms with E-state index in [1.165, 1.54) is 31.5 Å². The highest BCUT2D eigenvalue weighted by atomic mass is 15.3. The number of rotatable bonds is 6. The van der Waals surface area contributed by atoms with E-state index in [2.05, 4.69) is 33.9 Å². The van der Waals surface area contributed by atoms with Crippen LogP contribution in [-0.4, -0.2) is 21.3 Å². The molecule has 1 atom stereocenters. The third kappa shape index (κ3) is 2.86. The van der Waals surface area contributed by atoms with E-state index in [-0.39, 0.29) is 0 Å². The molecule has 1 aliphatic rings. The molecular formula is C13H24N4. The van der Waals surface area contributed by atoms with Gasteiger partial charge in [0.25, 0.3) is 0 Å². The first kappa shape index (κ1) is 12.6. The van der Waals surface area contributed by atoms with Crippen molar-refractivity contribution >= 4 is 0 Å². The van der Waals surface area contributed by atoms with Crippen molar-refractivity contribution in [3.8, 4) is 0 Å². The maximum atomic E-state index is 4.37. The van der Waals surface area contributed by atoms with E-state index in [1.807, 2.05) is 0 Å². The van der Waals surface area contributed by atoms with Gasteiger partial charge in [0, 0.05) is 19.5 Å². The van der Waals surface area contributed by atoms with Crippen molar-refractivity contribution in [1.29, 1.82) is 0 Å². The van der Waals surface area contributed by atoms with Crippen LogP contribution in [0.2, 0.25) is 0 Å². The lowest BCUT2D eigenvalue weighted by Crippen LogP contribution is -2.33. The van der Waals surface area contributed by atoms with E-state index >= 15 is 0 Å². The fourth-order valence-electron chi connectivity index (χ4n) is 2.51. The number of hydrogen-bond donors (Lipinski definition) is 1. The van der Waals surface area contributed by atoms with Crippen LogP contribution >= 0.6 is 0 Å². The Morgan fingerprint density at radius 2 is 2.12 bits per heavy atom. The summed E-state index contributed by atoms with van der Waals surface area (Å²) in [5.74, 6) is 2.33. The summed E-state index contributed by atoms with van der Waals surface area (Å²) in [7, 11) is 0. The third-order valence-electron chi connectivity index (χ3n) is 3.56. The lowest BCUT2D eigenvalue weighted by atomic mass is 10.1. The first-order chi connectivity index (χ1) is 8.36. The van der Waals surface area contributed by atoms with Crippen LogP contribution in [0.25, 0.3) is 0 Å². The van der Waals surface area contributed by atoms with E-state index in [0.29, 0.717) is 6.04 Å². The van der Waals surface area contributed by atoms with Crippen LogP contribution in [0.15, 0.2) is 0 Å². The lowest BCUT2D eigenvalue weighted by molar-refractivity contribution is 0.399. The molecule has 1 unspecified atom stereocenters. The number of aryl methyl sites for hydroxylation is 1. The first-order valence-electron chi connectivity index (χ1n) is 7.02. The highest BCUT2D eigenvalue weighted by molar-refractivity contribution is 5.04. The molecule has 2 rings (SSSR count). The highest BCUT2D eigenvalue weighted by Gasteiger charge is 2.22. The summed E-state index contributed by atoms with van der Waals surface area (Å²) >= 11 is 0. The largest absolute Gasteiger partial charge is 0.312 e. The Kier molecular flexibility index (Phi) is 4.54. The molecule has 0 bridgehead atoms. The molecule has 0 aliphatic carbocycles. The maximum absolute atomic E-state index is 4.37. The molecule has 0 fully saturated rings. The van der Waals surface area contributed by atoms with Crippen molar-refractivity contribution in [2.24, 2.45) is 0 Å². The van der Waals surface area contributed by atoms with Gasteiger partial charge >= 0.3 is 0 Å². The number of hydrogen-bond acceptors (Lipinski definition) is 3. The van der Waals surface area contributed by atoms with Gasteiger partial charge in [-0.1, -0.05) is 33.1 Å². The van der Waals surface area contributed by atoms with E-state index in [4.69, 9.17) is 0 Å². The number of nitrogens with zero attached hydrogens (tertiary/aromatic N) is 3. The summed E-state index contributed by atoms with van der Waals surface area (Å²) in [6.07, 6.45) is 7.36. The summed E-state index contributed by atoms with van der Waals surface area (Å²) in [5, 5.41) is 12.2. The second-order valence-electron chi connectivity index (χ2n) is 4.85. The van der Waals surface area contributed by atoms with Crippen molar-refractivity contribution in [1.82, 2.24) is 20.1 Å². The molecule has 0 aromatic carbocycles. The Balaban J connectivity index is 1.97. The van der Waals surface area contributed by atoms with Crippen LogP contribution in [-0.2, 0) is 13.0 Å². The number of unbranched alkanes of at least 4 members (excludes halogenated alkanes) is 3. The first-order valence-corrected chi connectivity index (χ1v) is 7.02. The van der Waals surface area contributed by atoms with Crippen LogP contribution < -0.4 is 5.32 Å². The van der Waals surface area contributed by atoms with Gasteiger partial charge in [0.2, 0.25) is 0 Å². The van der Waals surface area contributed by atoms with Gasteiger partial charge in [-0.3, -0.25) is 0 Å². The fourth-order valence-corrected chi connectivity index (χ4v) is 2.51. The van der Waals surface area contributed by atoms with Crippen LogP contribution in [0.1, 0.15) is 63.6 Å². The smallest absolute Gasteiger partial charge is 0.150 e. The average Bonchev–Trinajstić information content (AvgIpc) is 2.78. The molecule has 0 saturated heterocycles. The Morgan fingerprint density at radius 3 is 2.88 bits per heavy atom. The zero-order valence-corrected chi connectivity index (χ0v) is 11.1. The summed E-state index contributed by atoms with van der Waals surface area (Å²) in [6.45, 7) is 6.52. The van der Waals surface area contributed by atoms with Gasteiger partial charge in [0.05, 0.1) is 6.04 Å². The molecule has 0 spiro atoms. The Morgan fingerprint density at radius 1 is 1.24 bits per heavy atom. The minimum atomic E-state index is 0.403. The molecule has 17 heavy (non-hydrogen) atoms. The van der Waals surface area contributed by atoms with E-state index < -0.39 is 0 Å². The number of aromatic nitrogens is 3. The van der Waals surface area contributed by atoms with Crippen LogP contribution in [0.3, 0.4) is 0 Å². The summed E-state index contributed by atoms with van der Waals surface area (Å²) in [4.78, 5) is 0. The minimum Gasteiger partial charge on any atom is -0.312 e. The van der Waals surface area contributed by atoms with Gasteiger partial charge in [-0.25, -0.2) is 0 Å². The maximum Gasteiger partial charge on any atom is 0.150 e. The van der Waals surface area contributed by atoms with Gasteiger partial charge in [-0.2, -0.15) is 0 Å². The molecular weight excluding hydrogens is 212 g/mol. The lowest BCUT2D eigenvalue weighted by Gasteiger charge is -2.24. The molecule has 96 valence electrons. The van der Waals surface area contributed by atoms with Gasteiger partial charge in [-0.05, 0) is 12.8 Å². The second kappa shape index (κ2) is 6.15. The molecule has 1 aliphatic heterocycles. The van der Waals surface area contributed by atoms with Crippen LogP contribution in [0.4, 0.5) is 0 Å². The number of fused-ring (bicyclic) bond motifs is 1. The number of nitrogens with one attached hydrogen (secondary N) is 1. The van der Waals surface area contributed by atoms with Crippen molar-refractivity contribution in [3.63, 3.8) is 0 Å². The minimum absolute atomic E-state index is 0.403. The van der Waals surface area contributed by atoms with Crippen molar-refractivity contribution in [2.45, 2.75) is 65.0 Å². The average molecular weight is 236 g/mol. The van der Waals surface area contributed by atoms with Crippen LogP contribution in [0, 0.1) is 0 Å². The van der Waals surface area contributed by atoms with Crippen LogP contribution in [0.5, 0.6) is 0 Å². The molecule has 4 nitrogen and oxygen atoms in total. The normalized spacial score (nSPS) is 19.3. The molecule has 1 N–H and O–H groups in total. The van der Waals surface area contributed by atoms with Crippen molar-refractivity contribution in [2.75, 3.05) is 6.54 Å². The molecule has 1 aromatic rings. The van der Waals surface area contributed by atoms with Gasteiger partial charge in [-0.15, -0.1) is 10.2 Å². The third-order valence-corrected chi connectivity index (χ3v) is 3.56. The van der Waals surface area contributed by atoms with Gasteiger partial charge in [0.15, 0.2) is 0 Å². The van der Waals surface area contributed by atoms with Crippen molar-refractivity contribution < 1.29 is 0 Å². The fraction of sp³-hybridized carbons (Fsp3) is 0.846. The quantitative estimate of drug-likeness (QED) is 0.772. The molecule has 1 aromatic heterocycles. The van der Waals surface area contributed by atoms with Gasteiger partial charge in [0.1, 0.15) is 11.6 Å². The molecule has 0 saturated carbocycles. The second-order valence-corrected chi connectivity index (χ2v) is 4.85. The molecule has 0 radical (unpaired) electrons. The highest BCUT2D eigenvalue weighted by Crippen LogP contribution is 2.20. The van der Waals surface area contributed by atoms with E-state index in [1.54, 1.807) is 0 Å². The zero-order valence-electron chi connectivity index (χ0n) is 11.1. The Labute approximate surface area is 104 Å². The van der Waals surface area contributed by atoms with Crippen molar-refractivity contribution in [3.05, 3.63) is 11.6 Å². The topological polar surface area (TPSA) is 42.7 Å². The SMILES string of the molecule is CCCCCCc1nnc2n1CCNC2CC. The molecule has 0 amide bonds. The predicted molar refractivity (Wildman–Crippen MR) is 68.9 cm³/mol. The summed E-state index contributed by atoms with van der Waals surface area (Å²) in [6, 6.07) is 0.403. The molecule has 2 heterocycles. The summed E-state index contributed by atoms with van der Waals surface area (Å²) < 4.78 is 2.33. The van der Waals surface area contributed by atoms with E-state index in [9.17, 15) is 0 Å². The Hall–Kier alpha value is -0.900. The zero-order chi connectivity index (χ0) is 12.1. The Bertz CT molecular complexity index is 345. The van der Waals surface area contributed by atoms with E-state index in [0.717, 1.165) is 31.8 Å². The molecule has 4 heteroatoms. The summed E-state index contributed by atoms with van der Waals surface area (Å²) in [5.41, 5.74) is 0.